The fourth-order valence-electron chi connectivity index (χ4n) is 3.21. The van der Waals surface area contributed by atoms with E-state index in [2.05, 4.69) is 67.0 Å². The van der Waals surface area contributed by atoms with Crippen molar-refractivity contribution in [2.75, 3.05) is 32.1 Å². The van der Waals surface area contributed by atoms with Crippen molar-refractivity contribution in [1.82, 2.24) is 14.9 Å². The molecule has 6 heteroatoms. The van der Waals surface area contributed by atoms with E-state index in [4.69, 9.17) is 4.74 Å². The molecular weight excluding hydrogens is 368 g/mol. The SMILES string of the molecule is COc1cc(N(C)C2CCCN(Cc3cccc(Br)c3)C2)ncn1. The Bertz CT molecular complexity index is 682. The monoisotopic (exact) mass is 390 g/mol. The number of benzene rings is 1. The quantitative estimate of drug-likeness (QED) is 0.782. The Hall–Kier alpha value is -1.66. The fourth-order valence-corrected chi connectivity index (χ4v) is 3.65. The summed E-state index contributed by atoms with van der Waals surface area (Å²) in [6.45, 7) is 3.16. The number of aromatic nitrogens is 2. The minimum absolute atomic E-state index is 0.450. The predicted octanol–water partition coefficient (Wildman–Crippen LogP) is 3.35. The summed E-state index contributed by atoms with van der Waals surface area (Å²) >= 11 is 3.55. The van der Waals surface area contributed by atoms with Crippen LogP contribution in [0.15, 0.2) is 41.1 Å². The lowest BCUT2D eigenvalue weighted by molar-refractivity contribution is 0.198. The predicted molar refractivity (Wildman–Crippen MR) is 99.4 cm³/mol. The summed E-state index contributed by atoms with van der Waals surface area (Å²) in [7, 11) is 3.74. The van der Waals surface area contributed by atoms with Gasteiger partial charge in [-0.1, -0.05) is 28.1 Å². The summed E-state index contributed by atoms with van der Waals surface area (Å²) in [5, 5.41) is 0. The second-order valence-corrected chi connectivity index (χ2v) is 7.11. The van der Waals surface area contributed by atoms with Gasteiger partial charge in [0.2, 0.25) is 5.88 Å². The van der Waals surface area contributed by atoms with E-state index in [1.807, 2.05) is 6.07 Å². The first kappa shape index (κ1) is 17.2. The van der Waals surface area contributed by atoms with Crippen LogP contribution in [0.3, 0.4) is 0 Å². The number of hydrogen-bond donors (Lipinski definition) is 0. The molecule has 3 rings (SSSR count). The summed E-state index contributed by atoms with van der Waals surface area (Å²) in [5.41, 5.74) is 1.34. The maximum absolute atomic E-state index is 5.21. The molecule has 1 saturated heterocycles. The van der Waals surface area contributed by atoms with Gasteiger partial charge in [0.25, 0.3) is 0 Å². The van der Waals surface area contributed by atoms with E-state index in [1.54, 1.807) is 13.4 Å². The van der Waals surface area contributed by atoms with Crippen LogP contribution in [0.1, 0.15) is 18.4 Å². The number of methoxy groups -OCH3 is 1. The molecule has 128 valence electrons. The molecule has 5 nitrogen and oxygen atoms in total. The van der Waals surface area contributed by atoms with Crippen LogP contribution in [0.2, 0.25) is 0 Å². The standard InChI is InChI=1S/C18H23BrN4O/c1-22(17-10-18(24-2)21-13-20-17)16-7-4-8-23(12-16)11-14-5-3-6-15(19)9-14/h3,5-6,9-10,13,16H,4,7-8,11-12H2,1-2H3. The van der Waals surface area contributed by atoms with Crippen LogP contribution >= 0.6 is 15.9 Å². The third-order valence-electron chi connectivity index (χ3n) is 4.52. The van der Waals surface area contributed by atoms with Crippen molar-refractivity contribution in [3.05, 3.63) is 46.7 Å². The van der Waals surface area contributed by atoms with E-state index in [0.29, 0.717) is 11.9 Å². The first-order valence-electron chi connectivity index (χ1n) is 8.21. The highest BCUT2D eigenvalue weighted by atomic mass is 79.9. The summed E-state index contributed by atoms with van der Waals surface area (Å²) in [4.78, 5) is 13.2. The zero-order chi connectivity index (χ0) is 16.9. The molecule has 24 heavy (non-hydrogen) atoms. The average Bonchev–Trinajstić information content (AvgIpc) is 2.61. The number of ether oxygens (including phenoxy) is 1. The maximum Gasteiger partial charge on any atom is 0.218 e. The molecule has 0 N–H and O–H groups in total. The number of piperidine rings is 1. The van der Waals surface area contributed by atoms with E-state index < -0.39 is 0 Å². The minimum atomic E-state index is 0.450. The lowest BCUT2D eigenvalue weighted by Gasteiger charge is -2.38. The molecule has 1 aromatic heterocycles. The van der Waals surface area contributed by atoms with Gasteiger partial charge < -0.3 is 9.64 Å². The van der Waals surface area contributed by atoms with E-state index >= 15 is 0 Å². The third-order valence-corrected chi connectivity index (χ3v) is 5.01. The van der Waals surface area contributed by atoms with Gasteiger partial charge >= 0.3 is 0 Å². The number of likely N-dealkylation sites (tertiary alicyclic amines) is 1. The molecule has 1 aromatic carbocycles. The van der Waals surface area contributed by atoms with Crippen molar-refractivity contribution in [2.24, 2.45) is 0 Å². The molecule has 1 atom stereocenters. The molecule has 0 radical (unpaired) electrons. The highest BCUT2D eigenvalue weighted by molar-refractivity contribution is 9.10. The molecule has 0 spiro atoms. The number of likely N-dealkylation sites (N-methyl/N-ethyl adjacent to an activating group) is 1. The highest BCUT2D eigenvalue weighted by Gasteiger charge is 2.24. The minimum Gasteiger partial charge on any atom is -0.481 e. The Morgan fingerprint density at radius 1 is 1.33 bits per heavy atom. The van der Waals surface area contributed by atoms with Gasteiger partial charge in [0.1, 0.15) is 12.1 Å². The van der Waals surface area contributed by atoms with Crippen LogP contribution in [-0.4, -0.2) is 48.2 Å². The molecule has 2 aromatic rings. The molecule has 1 fully saturated rings. The Kier molecular flexibility index (Phi) is 5.68. The Balaban J connectivity index is 1.66. The first-order valence-corrected chi connectivity index (χ1v) is 9.00. The van der Waals surface area contributed by atoms with E-state index in [0.717, 1.165) is 29.9 Å². The van der Waals surface area contributed by atoms with Gasteiger partial charge in [0.15, 0.2) is 0 Å². The first-order chi connectivity index (χ1) is 11.7. The highest BCUT2D eigenvalue weighted by Crippen LogP contribution is 2.23. The smallest absolute Gasteiger partial charge is 0.218 e. The number of nitrogens with zero attached hydrogens (tertiary/aromatic N) is 4. The topological polar surface area (TPSA) is 41.5 Å². The largest absolute Gasteiger partial charge is 0.481 e. The van der Waals surface area contributed by atoms with Gasteiger partial charge in [0.05, 0.1) is 7.11 Å². The van der Waals surface area contributed by atoms with Crippen molar-refractivity contribution in [3.8, 4) is 5.88 Å². The second-order valence-electron chi connectivity index (χ2n) is 6.19. The van der Waals surface area contributed by atoms with Gasteiger partial charge in [-0.3, -0.25) is 4.90 Å². The van der Waals surface area contributed by atoms with E-state index in [9.17, 15) is 0 Å². The Morgan fingerprint density at radius 2 is 2.21 bits per heavy atom. The van der Waals surface area contributed by atoms with Crippen molar-refractivity contribution in [2.45, 2.75) is 25.4 Å². The van der Waals surface area contributed by atoms with E-state index in [-0.39, 0.29) is 0 Å². The molecule has 1 unspecified atom stereocenters. The zero-order valence-electron chi connectivity index (χ0n) is 14.2. The molecule has 0 aliphatic carbocycles. The molecule has 1 aliphatic heterocycles. The number of rotatable bonds is 5. The van der Waals surface area contributed by atoms with Crippen LogP contribution < -0.4 is 9.64 Å². The second kappa shape index (κ2) is 7.94. The molecule has 1 aliphatic rings. The van der Waals surface area contributed by atoms with E-state index in [1.165, 1.54) is 18.4 Å². The third kappa shape index (κ3) is 4.24. The van der Waals surface area contributed by atoms with Crippen molar-refractivity contribution in [3.63, 3.8) is 0 Å². The van der Waals surface area contributed by atoms with Gasteiger partial charge in [-0.05, 0) is 37.1 Å². The van der Waals surface area contributed by atoms with Crippen molar-refractivity contribution >= 4 is 21.7 Å². The Labute approximate surface area is 151 Å². The summed E-state index contributed by atoms with van der Waals surface area (Å²) < 4.78 is 6.35. The maximum atomic E-state index is 5.21. The van der Waals surface area contributed by atoms with Crippen molar-refractivity contribution < 1.29 is 4.74 Å². The fraction of sp³-hybridized carbons (Fsp3) is 0.444. The number of halogens is 1. The molecule has 0 amide bonds. The molecule has 0 bridgehead atoms. The van der Waals surface area contributed by atoms with Gasteiger partial charge in [-0.25, -0.2) is 9.97 Å². The van der Waals surface area contributed by atoms with Crippen LogP contribution in [0.5, 0.6) is 5.88 Å². The summed E-state index contributed by atoms with van der Waals surface area (Å²) in [5.74, 6) is 1.52. The molecule has 0 saturated carbocycles. The number of anilines is 1. The van der Waals surface area contributed by atoms with Crippen molar-refractivity contribution in [1.29, 1.82) is 0 Å². The summed E-state index contributed by atoms with van der Waals surface area (Å²) in [6.07, 6.45) is 3.94. The van der Waals surface area contributed by atoms with Crippen LogP contribution in [0.25, 0.3) is 0 Å². The Morgan fingerprint density at radius 3 is 3.00 bits per heavy atom. The van der Waals surface area contributed by atoms with Crippen LogP contribution in [0, 0.1) is 0 Å². The summed E-state index contributed by atoms with van der Waals surface area (Å²) in [6, 6.07) is 10.9. The van der Waals surface area contributed by atoms with Gasteiger partial charge in [-0.2, -0.15) is 0 Å². The number of hydrogen-bond acceptors (Lipinski definition) is 5. The normalized spacial score (nSPS) is 18.4. The molecular formula is C18H23BrN4O. The lowest BCUT2D eigenvalue weighted by Crippen LogP contribution is -2.46. The van der Waals surface area contributed by atoms with Gasteiger partial charge in [-0.15, -0.1) is 0 Å². The lowest BCUT2D eigenvalue weighted by atomic mass is 10.0. The van der Waals surface area contributed by atoms with Gasteiger partial charge in [0, 0.05) is 36.7 Å². The zero-order valence-corrected chi connectivity index (χ0v) is 15.7. The molecule has 2 heterocycles. The van der Waals surface area contributed by atoms with Crippen LogP contribution in [-0.2, 0) is 6.54 Å². The average molecular weight is 391 g/mol. The van der Waals surface area contributed by atoms with Crippen LogP contribution in [0.4, 0.5) is 5.82 Å².